The lowest BCUT2D eigenvalue weighted by Gasteiger charge is -2.25. The molecule has 0 fully saturated rings. The van der Waals surface area contributed by atoms with Crippen molar-refractivity contribution in [1.82, 2.24) is 24.9 Å². The van der Waals surface area contributed by atoms with Crippen LogP contribution in [0.2, 0.25) is 0 Å². The molecule has 7 nitrogen and oxygen atoms in total. The molecule has 0 radical (unpaired) electrons. The molecule has 142 valence electrons. The van der Waals surface area contributed by atoms with E-state index >= 15 is 0 Å². The Bertz CT molecular complexity index is 589. The molecule has 0 aliphatic rings. The number of likely N-dealkylation sites (N-methyl/N-ethyl adjacent to an activating group) is 2. The topological polar surface area (TPSA) is 65.8 Å². The Labute approximate surface area is 152 Å². The smallest absolute Gasteiger partial charge is 0.242 e. The van der Waals surface area contributed by atoms with Gasteiger partial charge < -0.3 is 15.1 Å². The fourth-order valence-corrected chi connectivity index (χ4v) is 2.88. The maximum atomic E-state index is 12.3. The third-order valence-electron chi connectivity index (χ3n) is 4.47. The van der Waals surface area contributed by atoms with Gasteiger partial charge in [0.1, 0.15) is 0 Å². The van der Waals surface area contributed by atoms with Crippen molar-refractivity contribution in [1.29, 1.82) is 0 Å². The van der Waals surface area contributed by atoms with E-state index < -0.39 is 0 Å². The summed E-state index contributed by atoms with van der Waals surface area (Å²) in [5, 5.41) is 7.72. The van der Waals surface area contributed by atoms with E-state index in [-0.39, 0.29) is 5.91 Å². The van der Waals surface area contributed by atoms with E-state index in [2.05, 4.69) is 22.3 Å². The fourth-order valence-electron chi connectivity index (χ4n) is 2.88. The Morgan fingerprint density at radius 2 is 1.88 bits per heavy atom. The molecule has 0 saturated carbocycles. The molecule has 0 atom stereocenters. The number of hydrogen-bond donors (Lipinski definition) is 1. The number of amides is 1. The first-order chi connectivity index (χ1) is 11.8. The summed E-state index contributed by atoms with van der Waals surface area (Å²) in [7, 11) is 3.87. The van der Waals surface area contributed by atoms with Gasteiger partial charge in [0.2, 0.25) is 5.91 Å². The van der Waals surface area contributed by atoms with E-state index in [9.17, 15) is 4.79 Å². The number of aliphatic imine (C=N–C) groups is 1. The molecular weight excluding hydrogens is 316 g/mol. The lowest BCUT2D eigenvalue weighted by molar-refractivity contribution is -0.131. The Kier molecular flexibility index (Phi) is 8.45. The second-order valence-corrected chi connectivity index (χ2v) is 6.18. The van der Waals surface area contributed by atoms with E-state index in [1.165, 1.54) is 11.3 Å². The average molecular weight is 351 g/mol. The van der Waals surface area contributed by atoms with Gasteiger partial charge in [0.05, 0.1) is 12.2 Å². The lowest BCUT2D eigenvalue weighted by Crippen LogP contribution is -2.45. The van der Waals surface area contributed by atoms with Crippen molar-refractivity contribution in [3.8, 4) is 0 Å². The molecule has 25 heavy (non-hydrogen) atoms. The standard InChI is InChI=1S/C18H34N6O/c1-8-19-18(22(6)13-17(25)24(9-2)10-3)20-12-11-16-14(4)21-23(7)15(16)5/h8-13H2,1-7H3,(H,19,20). The predicted molar refractivity (Wildman–Crippen MR) is 103 cm³/mol. The van der Waals surface area contributed by atoms with Gasteiger partial charge in [-0.05, 0) is 46.6 Å². The average Bonchev–Trinajstić information content (AvgIpc) is 2.81. The van der Waals surface area contributed by atoms with Gasteiger partial charge in [-0.3, -0.25) is 14.5 Å². The van der Waals surface area contributed by atoms with E-state index in [0.29, 0.717) is 13.1 Å². The van der Waals surface area contributed by atoms with Crippen LogP contribution in [-0.2, 0) is 18.3 Å². The molecule has 0 unspecified atom stereocenters. The SMILES string of the molecule is CCNC(=NCCc1c(C)nn(C)c1C)N(C)CC(=O)N(CC)CC. The van der Waals surface area contributed by atoms with Crippen molar-refractivity contribution >= 4 is 11.9 Å². The van der Waals surface area contributed by atoms with Gasteiger partial charge in [-0.2, -0.15) is 5.10 Å². The third-order valence-corrected chi connectivity index (χ3v) is 4.47. The van der Waals surface area contributed by atoms with Crippen LogP contribution >= 0.6 is 0 Å². The van der Waals surface area contributed by atoms with Crippen molar-refractivity contribution in [2.24, 2.45) is 12.0 Å². The monoisotopic (exact) mass is 350 g/mol. The maximum Gasteiger partial charge on any atom is 0.242 e. The first-order valence-electron chi connectivity index (χ1n) is 9.11. The Balaban J connectivity index is 2.74. The zero-order valence-electron chi connectivity index (χ0n) is 16.9. The number of nitrogens with one attached hydrogen (secondary N) is 1. The van der Waals surface area contributed by atoms with Crippen molar-refractivity contribution in [2.45, 2.75) is 41.0 Å². The summed E-state index contributed by atoms with van der Waals surface area (Å²) < 4.78 is 1.91. The fraction of sp³-hybridized carbons (Fsp3) is 0.722. The Morgan fingerprint density at radius 1 is 1.24 bits per heavy atom. The maximum absolute atomic E-state index is 12.3. The van der Waals surface area contributed by atoms with Crippen molar-refractivity contribution in [2.75, 3.05) is 39.8 Å². The summed E-state index contributed by atoms with van der Waals surface area (Å²) in [5.41, 5.74) is 3.50. The van der Waals surface area contributed by atoms with Gasteiger partial charge in [0, 0.05) is 46.0 Å². The number of aryl methyl sites for hydroxylation is 2. The first-order valence-corrected chi connectivity index (χ1v) is 9.11. The van der Waals surface area contributed by atoms with Gasteiger partial charge >= 0.3 is 0 Å². The van der Waals surface area contributed by atoms with E-state index in [0.717, 1.165) is 37.7 Å². The highest BCUT2D eigenvalue weighted by Gasteiger charge is 2.15. The van der Waals surface area contributed by atoms with Crippen molar-refractivity contribution in [3.05, 3.63) is 17.0 Å². The largest absolute Gasteiger partial charge is 0.357 e. The minimum atomic E-state index is 0.122. The number of guanidine groups is 1. The second-order valence-electron chi connectivity index (χ2n) is 6.18. The molecule has 1 rings (SSSR count). The van der Waals surface area contributed by atoms with Crippen molar-refractivity contribution < 1.29 is 4.79 Å². The van der Waals surface area contributed by atoms with Crippen molar-refractivity contribution in [3.63, 3.8) is 0 Å². The van der Waals surface area contributed by atoms with Gasteiger partial charge in [0.15, 0.2) is 5.96 Å². The Morgan fingerprint density at radius 3 is 2.36 bits per heavy atom. The molecule has 1 amide bonds. The molecule has 1 N–H and O–H groups in total. The van der Waals surface area contributed by atoms with Gasteiger partial charge in [-0.1, -0.05) is 0 Å². The highest BCUT2D eigenvalue weighted by molar-refractivity contribution is 5.86. The molecule has 0 bridgehead atoms. The van der Waals surface area contributed by atoms with Crippen LogP contribution in [0.4, 0.5) is 0 Å². The highest BCUT2D eigenvalue weighted by atomic mass is 16.2. The molecule has 1 aromatic heterocycles. The summed E-state index contributed by atoms with van der Waals surface area (Å²) in [6.45, 7) is 13.4. The number of carbonyl (C=O) groups excluding carboxylic acids is 1. The lowest BCUT2D eigenvalue weighted by atomic mass is 10.1. The van der Waals surface area contributed by atoms with Gasteiger partial charge in [0.25, 0.3) is 0 Å². The van der Waals surface area contributed by atoms with Crippen LogP contribution in [0.3, 0.4) is 0 Å². The number of aromatic nitrogens is 2. The summed E-state index contributed by atoms with van der Waals surface area (Å²) in [5.74, 6) is 0.888. The van der Waals surface area contributed by atoms with E-state index in [1.807, 2.05) is 56.3 Å². The summed E-state index contributed by atoms with van der Waals surface area (Å²) >= 11 is 0. The summed E-state index contributed by atoms with van der Waals surface area (Å²) in [6.07, 6.45) is 0.845. The number of rotatable bonds is 8. The minimum Gasteiger partial charge on any atom is -0.357 e. The van der Waals surface area contributed by atoms with Crippen LogP contribution < -0.4 is 5.32 Å². The molecule has 0 aliphatic carbocycles. The van der Waals surface area contributed by atoms with Crippen LogP contribution in [-0.4, -0.2) is 71.2 Å². The highest BCUT2D eigenvalue weighted by Crippen LogP contribution is 2.12. The zero-order chi connectivity index (χ0) is 19.0. The van der Waals surface area contributed by atoms with Crippen LogP contribution in [0.1, 0.15) is 37.7 Å². The molecule has 0 aromatic carbocycles. The number of carbonyl (C=O) groups is 1. The summed E-state index contributed by atoms with van der Waals surface area (Å²) in [6, 6.07) is 0. The molecule has 0 spiro atoms. The third kappa shape index (κ3) is 5.76. The number of hydrogen-bond acceptors (Lipinski definition) is 3. The quantitative estimate of drug-likeness (QED) is 0.568. The number of nitrogens with zero attached hydrogens (tertiary/aromatic N) is 5. The van der Waals surface area contributed by atoms with E-state index in [1.54, 1.807) is 0 Å². The Hall–Kier alpha value is -2.05. The normalized spacial score (nSPS) is 11.6. The van der Waals surface area contributed by atoms with Crippen LogP contribution in [0.5, 0.6) is 0 Å². The molecular formula is C18H34N6O. The predicted octanol–water partition coefficient (Wildman–Crippen LogP) is 1.35. The van der Waals surface area contributed by atoms with Crippen LogP contribution in [0, 0.1) is 13.8 Å². The second kappa shape index (κ2) is 10.1. The first kappa shape index (κ1) is 21.0. The molecule has 1 heterocycles. The zero-order valence-corrected chi connectivity index (χ0v) is 16.9. The van der Waals surface area contributed by atoms with Crippen LogP contribution in [0.15, 0.2) is 4.99 Å². The summed E-state index contributed by atoms with van der Waals surface area (Å²) in [4.78, 5) is 20.7. The molecule has 0 aliphatic heterocycles. The molecule has 1 aromatic rings. The molecule has 0 saturated heterocycles. The molecule has 7 heteroatoms. The minimum absolute atomic E-state index is 0.122. The van der Waals surface area contributed by atoms with Gasteiger partial charge in [-0.15, -0.1) is 0 Å². The van der Waals surface area contributed by atoms with Crippen LogP contribution in [0.25, 0.3) is 0 Å². The van der Waals surface area contributed by atoms with Gasteiger partial charge in [-0.25, -0.2) is 0 Å². The van der Waals surface area contributed by atoms with E-state index in [4.69, 9.17) is 0 Å².